The number of piperidine rings is 1. The molecule has 1 saturated heterocycles. The molecule has 0 bridgehead atoms. The number of hydrogen-bond acceptors (Lipinski definition) is 5. The number of carbonyl (C=O) groups is 1. The summed E-state index contributed by atoms with van der Waals surface area (Å²) in [6.07, 6.45) is -1.12. The molecule has 0 radical (unpaired) electrons. The SMILES string of the molecule is O=C(NC1CCN(Cc2ccccc2)CC1)c1cnc(Nc2ccc(C(F)(F)F)cc2)s1. The molecule has 1 fully saturated rings. The van der Waals surface area contributed by atoms with Crippen LogP contribution in [0.5, 0.6) is 0 Å². The zero-order valence-electron chi connectivity index (χ0n) is 17.2. The predicted octanol–water partition coefficient (Wildman–Crippen LogP) is 5.30. The fourth-order valence-electron chi connectivity index (χ4n) is 3.64. The molecular formula is C23H23F3N4OS. The van der Waals surface area contributed by atoms with E-state index in [1.165, 1.54) is 35.2 Å². The fraction of sp³-hybridized carbons (Fsp3) is 0.304. The Labute approximate surface area is 188 Å². The van der Waals surface area contributed by atoms with Gasteiger partial charge in [0.15, 0.2) is 5.13 Å². The van der Waals surface area contributed by atoms with Gasteiger partial charge in [-0.3, -0.25) is 9.69 Å². The van der Waals surface area contributed by atoms with E-state index in [1.807, 2.05) is 18.2 Å². The molecule has 0 atom stereocenters. The molecule has 5 nitrogen and oxygen atoms in total. The molecule has 32 heavy (non-hydrogen) atoms. The van der Waals surface area contributed by atoms with E-state index in [-0.39, 0.29) is 11.9 Å². The minimum atomic E-state index is -4.37. The Hall–Kier alpha value is -2.91. The number of thiazole rings is 1. The maximum absolute atomic E-state index is 12.7. The Morgan fingerprint density at radius 2 is 1.75 bits per heavy atom. The van der Waals surface area contributed by atoms with Crippen LogP contribution in [0.2, 0.25) is 0 Å². The molecule has 1 aromatic heterocycles. The second-order valence-corrected chi connectivity index (χ2v) is 8.77. The van der Waals surface area contributed by atoms with Crippen molar-refractivity contribution in [2.75, 3.05) is 18.4 Å². The Bertz CT molecular complexity index is 1030. The predicted molar refractivity (Wildman–Crippen MR) is 119 cm³/mol. The molecule has 9 heteroatoms. The monoisotopic (exact) mass is 460 g/mol. The summed E-state index contributed by atoms with van der Waals surface area (Å²) in [4.78, 5) is 19.6. The van der Waals surface area contributed by atoms with Crippen LogP contribution in [0.1, 0.15) is 33.6 Å². The van der Waals surface area contributed by atoms with E-state index in [0.29, 0.717) is 15.7 Å². The Morgan fingerprint density at radius 3 is 2.41 bits per heavy atom. The molecule has 2 N–H and O–H groups in total. The zero-order valence-corrected chi connectivity index (χ0v) is 18.0. The molecule has 0 aliphatic carbocycles. The van der Waals surface area contributed by atoms with Crippen LogP contribution < -0.4 is 10.6 Å². The first-order chi connectivity index (χ1) is 15.4. The summed E-state index contributed by atoms with van der Waals surface area (Å²) >= 11 is 1.17. The van der Waals surface area contributed by atoms with E-state index in [2.05, 4.69) is 32.7 Å². The van der Waals surface area contributed by atoms with Crippen LogP contribution in [0.4, 0.5) is 24.0 Å². The Kier molecular flexibility index (Phi) is 6.76. The lowest BCUT2D eigenvalue weighted by atomic mass is 10.0. The van der Waals surface area contributed by atoms with Gasteiger partial charge in [0.25, 0.3) is 5.91 Å². The third kappa shape index (κ3) is 5.86. The van der Waals surface area contributed by atoms with E-state index in [9.17, 15) is 18.0 Å². The van der Waals surface area contributed by atoms with E-state index < -0.39 is 11.7 Å². The number of likely N-dealkylation sites (tertiary alicyclic amines) is 1. The zero-order chi connectivity index (χ0) is 22.6. The molecule has 1 aliphatic rings. The van der Waals surface area contributed by atoms with Gasteiger partial charge in [0.1, 0.15) is 4.88 Å². The lowest BCUT2D eigenvalue weighted by molar-refractivity contribution is -0.137. The third-order valence-corrected chi connectivity index (χ3v) is 6.28. The number of hydrogen-bond donors (Lipinski definition) is 2. The van der Waals surface area contributed by atoms with Crippen molar-refractivity contribution >= 4 is 28.1 Å². The lowest BCUT2D eigenvalue weighted by Crippen LogP contribution is -2.44. The van der Waals surface area contributed by atoms with Gasteiger partial charge in [-0.15, -0.1) is 0 Å². The fourth-order valence-corrected chi connectivity index (χ4v) is 4.38. The number of nitrogens with one attached hydrogen (secondary N) is 2. The molecule has 0 unspecified atom stereocenters. The first-order valence-corrected chi connectivity index (χ1v) is 11.2. The minimum Gasteiger partial charge on any atom is -0.348 e. The normalized spacial score (nSPS) is 15.5. The summed E-state index contributed by atoms with van der Waals surface area (Å²) in [6, 6.07) is 15.1. The molecular weight excluding hydrogens is 437 g/mol. The lowest BCUT2D eigenvalue weighted by Gasteiger charge is -2.32. The molecule has 2 heterocycles. The summed E-state index contributed by atoms with van der Waals surface area (Å²) in [7, 11) is 0. The van der Waals surface area contributed by atoms with Crippen LogP contribution in [0, 0.1) is 0 Å². The van der Waals surface area contributed by atoms with Crippen LogP contribution >= 0.6 is 11.3 Å². The van der Waals surface area contributed by atoms with Gasteiger partial charge in [-0.05, 0) is 42.7 Å². The minimum absolute atomic E-state index is 0.114. The van der Waals surface area contributed by atoms with Crippen molar-refractivity contribution in [3.63, 3.8) is 0 Å². The smallest absolute Gasteiger partial charge is 0.348 e. The van der Waals surface area contributed by atoms with E-state index in [0.717, 1.165) is 44.6 Å². The van der Waals surface area contributed by atoms with Crippen molar-refractivity contribution < 1.29 is 18.0 Å². The van der Waals surface area contributed by atoms with Crippen LogP contribution in [0.25, 0.3) is 0 Å². The quantitative estimate of drug-likeness (QED) is 0.524. The molecule has 0 spiro atoms. The number of aromatic nitrogens is 1. The van der Waals surface area contributed by atoms with Crippen molar-refractivity contribution in [1.29, 1.82) is 0 Å². The number of nitrogens with zero attached hydrogens (tertiary/aromatic N) is 2. The third-order valence-electron chi connectivity index (χ3n) is 5.36. The highest BCUT2D eigenvalue weighted by Crippen LogP contribution is 2.31. The number of amides is 1. The van der Waals surface area contributed by atoms with Gasteiger partial charge in [-0.2, -0.15) is 13.2 Å². The molecule has 3 aromatic rings. The van der Waals surface area contributed by atoms with Gasteiger partial charge in [0.05, 0.1) is 11.8 Å². The summed E-state index contributed by atoms with van der Waals surface area (Å²) in [5, 5.41) is 6.47. The number of alkyl halides is 3. The topological polar surface area (TPSA) is 57.3 Å². The van der Waals surface area contributed by atoms with Crippen molar-refractivity contribution in [3.8, 4) is 0 Å². The highest BCUT2D eigenvalue weighted by molar-refractivity contribution is 7.17. The molecule has 1 amide bonds. The van der Waals surface area contributed by atoms with Gasteiger partial charge in [-0.25, -0.2) is 4.98 Å². The van der Waals surface area contributed by atoms with Crippen LogP contribution in [-0.2, 0) is 12.7 Å². The average molecular weight is 461 g/mol. The van der Waals surface area contributed by atoms with E-state index >= 15 is 0 Å². The molecule has 168 valence electrons. The molecule has 4 rings (SSSR count). The first kappa shape index (κ1) is 22.3. The average Bonchev–Trinajstić information content (AvgIpc) is 3.24. The second kappa shape index (κ2) is 9.70. The van der Waals surface area contributed by atoms with Crippen molar-refractivity contribution in [2.45, 2.75) is 31.6 Å². The second-order valence-electron chi connectivity index (χ2n) is 7.74. The number of rotatable bonds is 6. The summed E-state index contributed by atoms with van der Waals surface area (Å²) in [5.41, 5.74) is 1.05. The van der Waals surface area contributed by atoms with Crippen LogP contribution in [0.3, 0.4) is 0 Å². The standard InChI is InChI=1S/C23H23F3N4OS/c24-23(25,26)17-6-8-18(9-7-17)29-22-27-14-20(32-22)21(31)28-19-10-12-30(13-11-19)15-16-4-2-1-3-5-16/h1-9,14,19H,10-13,15H2,(H,27,29)(H,28,31). The van der Waals surface area contributed by atoms with Crippen LogP contribution in [-0.4, -0.2) is 34.9 Å². The molecule has 1 aliphatic heterocycles. The first-order valence-electron chi connectivity index (χ1n) is 10.3. The van der Waals surface area contributed by atoms with Gasteiger partial charge < -0.3 is 10.6 Å². The van der Waals surface area contributed by atoms with Crippen molar-refractivity contribution in [1.82, 2.24) is 15.2 Å². The Balaban J connectivity index is 1.26. The maximum Gasteiger partial charge on any atom is 0.416 e. The van der Waals surface area contributed by atoms with E-state index in [4.69, 9.17) is 0 Å². The van der Waals surface area contributed by atoms with Gasteiger partial charge in [0.2, 0.25) is 0 Å². The molecule has 2 aromatic carbocycles. The maximum atomic E-state index is 12.7. The van der Waals surface area contributed by atoms with E-state index in [1.54, 1.807) is 0 Å². The van der Waals surface area contributed by atoms with Crippen molar-refractivity contribution in [3.05, 3.63) is 76.8 Å². The van der Waals surface area contributed by atoms with Crippen molar-refractivity contribution in [2.24, 2.45) is 0 Å². The van der Waals surface area contributed by atoms with Gasteiger partial charge in [-0.1, -0.05) is 41.7 Å². The number of benzene rings is 2. The number of carbonyl (C=O) groups excluding carboxylic acids is 1. The summed E-state index contributed by atoms with van der Waals surface area (Å²) in [5.74, 6) is -0.176. The van der Waals surface area contributed by atoms with Crippen LogP contribution in [0.15, 0.2) is 60.8 Å². The summed E-state index contributed by atoms with van der Waals surface area (Å²) in [6.45, 7) is 2.75. The van der Waals surface area contributed by atoms with Gasteiger partial charge >= 0.3 is 6.18 Å². The van der Waals surface area contributed by atoms with Gasteiger partial charge in [0, 0.05) is 31.4 Å². The Morgan fingerprint density at radius 1 is 1.06 bits per heavy atom. The number of halogens is 3. The highest BCUT2D eigenvalue weighted by Gasteiger charge is 2.30. The molecule has 0 saturated carbocycles. The largest absolute Gasteiger partial charge is 0.416 e. The highest BCUT2D eigenvalue weighted by atomic mass is 32.1. The number of anilines is 2. The summed E-state index contributed by atoms with van der Waals surface area (Å²) < 4.78 is 38.0.